The lowest BCUT2D eigenvalue weighted by Gasteiger charge is -2.06. The molecule has 15 heavy (non-hydrogen) atoms. The van der Waals surface area contributed by atoms with Crippen LogP contribution >= 0.6 is 0 Å². The molecule has 0 bridgehead atoms. The van der Waals surface area contributed by atoms with Crippen molar-refractivity contribution in [2.75, 3.05) is 0 Å². The number of hydrogen-bond acceptors (Lipinski definition) is 2. The van der Waals surface area contributed by atoms with Gasteiger partial charge in [0.15, 0.2) is 11.6 Å². The van der Waals surface area contributed by atoms with Gasteiger partial charge in [0.05, 0.1) is 0 Å². The normalized spacial score (nSPS) is 10.2. The molecule has 0 fully saturated rings. The standard InChI is InChI=1S/C12H9FO2/c13-10-6-3-5-9(12(10)15)8-4-1-2-7-11(8)14/h1-7,14-15H. The van der Waals surface area contributed by atoms with Crippen molar-refractivity contribution in [2.24, 2.45) is 0 Å². The maximum atomic E-state index is 13.1. The van der Waals surface area contributed by atoms with Gasteiger partial charge in [0.2, 0.25) is 0 Å². The molecule has 76 valence electrons. The summed E-state index contributed by atoms with van der Waals surface area (Å²) in [5.41, 5.74) is 0.697. The molecule has 0 aromatic heterocycles. The van der Waals surface area contributed by atoms with E-state index < -0.39 is 11.6 Å². The minimum atomic E-state index is -0.698. The topological polar surface area (TPSA) is 40.5 Å². The molecule has 2 aromatic rings. The molecular weight excluding hydrogens is 195 g/mol. The minimum Gasteiger partial charge on any atom is -0.507 e. The number of aromatic hydroxyl groups is 2. The fourth-order valence-electron chi connectivity index (χ4n) is 1.43. The van der Waals surface area contributed by atoms with Crippen LogP contribution in [0.1, 0.15) is 0 Å². The van der Waals surface area contributed by atoms with E-state index in [1.165, 1.54) is 18.2 Å². The Hall–Kier alpha value is -2.03. The van der Waals surface area contributed by atoms with E-state index in [4.69, 9.17) is 0 Å². The van der Waals surface area contributed by atoms with Crippen LogP contribution in [0.25, 0.3) is 11.1 Å². The summed E-state index contributed by atoms with van der Waals surface area (Å²) in [6.45, 7) is 0. The highest BCUT2D eigenvalue weighted by molar-refractivity contribution is 5.75. The van der Waals surface area contributed by atoms with Crippen molar-refractivity contribution in [1.82, 2.24) is 0 Å². The summed E-state index contributed by atoms with van der Waals surface area (Å²) < 4.78 is 13.1. The molecule has 0 atom stereocenters. The molecule has 2 nitrogen and oxygen atoms in total. The van der Waals surface area contributed by atoms with E-state index in [1.54, 1.807) is 24.3 Å². The molecule has 0 unspecified atom stereocenters. The largest absolute Gasteiger partial charge is 0.507 e. The third-order valence-electron chi connectivity index (χ3n) is 2.18. The number of halogens is 1. The van der Waals surface area contributed by atoms with Crippen molar-refractivity contribution in [2.45, 2.75) is 0 Å². The van der Waals surface area contributed by atoms with Crippen LogP contribution in [-0.2, 0) is 0 Å². The summed E-state index contributed by atoms with van der Waals surface area (Å²) in [7, 11) is 0. The third kappa shape index (κ3) is 1.64. The molecule has 0 saturated carbocycles. The zero-order chi connectivity index (χ0) is 10.8. The Morgan fingerprint density at radius 2 is 1.47 bits per heavy atom. The van der Waals surface area contributed by atoms with Crippen LogP contribution in [0.4, 0.5) is 4.39 Å². The van der Waals surface area contributed by atoms with E-state index in [0.717, 1.165) is 0 Å². The number of rotatable bonds is 1. The molecule has 3 heteroatoms. The average molecular weight is 204 g/mol. The lowest BCUT2D eigenvalue weighted by Crippen LogP contribution is -1.83. The van der Waals surface area contributed by atoms with Crippen LogP contribution < -0.4 is 0 Å². The van der Waals surface area contributed by atoms with E-state index in [2.05, 4.69) is 0 Å². The van der Waals surface area contributed by atoms with Crippen molar-refractivity contribution >= 4 is 0 Å². The number of benzene rings is 2. The smallest absolute Gasteiger partial charge is 0.165 e. The first-order chi connectivity index (χ1) is 7.20. The molecule has 2 aromatic carbocycles. The molecule has 0 radical (unpaired) electrons. The van der Waals surface area contributed by atoms with Gasteiger partial charge in [-0.1, -0.05) is 30.3 Å². The first-order valence-corrected chi connectivity index (χ1v) is 4.46. The van der Waals surface area contributed by atoms with Crippen LogP contribution in [0.5, 0.6) is 11.5 Å². The van der Waals surface area contributed by atoms with Crippen LogP contribution in [0.15, 0.2) is 42.5 Å². The summed E-state index contributed by atoms with van der Waals surface area (Å²) >= 11 is 0. The van der Waals surface area contributed by atoms with Gasteiger partial charge in [0, 0.05) is 11.1 Å². The lowest BCUT2D eigenvalue weighted by atomic mass is 10.0. The van der Waals surface area contributed by atoms with Crippen LogP contribution in [0, 0.1) is 5.82 Å². The summed E-state index contributed by atoms with van der Waals surface area (Å²) in [6, 6.07) is 10.7. The Labute approximate surface area is 86.2 Å². The molecule has 0 aliphatic heterocycles. The van der Waals surface area contributed by atoms with Gasteiger partial charge >= 0.3 is 0 Å². The Morgan fingerprint density at radius 1 is 0.800 bits per heavy atom. The van der Waals surface area contributed by atoms with Gasteiger partial charge in [0.25, 0.3) is 0 Å². The molecule has 0 heterocycles. The molecule has 2 N–H and O–H groups in total. The van der Waals surface area contributed by atoms with Gasteiger partial charge in [-0.2, -0.15) is 0 Å². The first kappa shape index (κ1) is 9.52. The lowest BCUT2D eigenvalue weighted by molar-refractivity contribution is 0.433. The zero-order valence-electron chi connectivity index (χ0n) is 7.81. The highest BCUT2D eigenvalue weighted by atomic mass is 19.1. The third-order valence-corrected chi connectivity index (χ3v) is 2.18. The Bertz CT molecular complexity index is 495. The molecular formula is C12H9FO2. The van der Waals surface area contributed by atoms with Gasteiger partial charge in [-0.3, -0.25) is 0 Å². The molecule has 0 spiro atoms. The van der Waals surface area contributed by atoms with Crippen molar-refractivity contribution in [1.29, 1.82) is 0 Å². The minimum absolute atomic E-state index is 0.0124. The number of para-hydroxylation sites is 2. The monoisotopic (exact) mass is 204 g/mol. The van der Waals surface area contributed by atoms with Gasteiger partial charge in [-0.15, -0.1) is 0 Å². The number of phenolic OH excluding ortho intramolecular Hbond substituents is 2. The van der Waals surface area contributed by atoms with E-state index in [1.807, 2.05) is 0 Å². The van der Waals surface area contributed by atoms with Crippen molar-refractivity contribution in [3.05, 3.63) is 48.3 Å². The second kappa shape index (κ2) is 3.61. The quantitative estimate of drug-likeness (QED) is 0.749. The van der Waals surface area contributed by atoms with Gasteiger partial charge < -0.3 is 10.2 Å². The summed E-state index contributed by atoms with van der Waals surface area (Å²) in [6.07, 6.45) is 0. The number of phenols is 2. The maximum absolute atomic E-state index is 13.1. The van der Waals surface area contributed by atoms with E-state index in [0.29, 0.717) is 5.56 Å². The average Bonchev–Trinajstić information content (AvgIpc) is 2.23. The molecule has 2 rings (SSSR count). The van der Waals surface area contributed by atoms with E-state index >= 15 is 0 Å². The second-order valence-electron chi connectivity index (χ2n) is 3.15. The summed E-state index contributed by atoms with van der Waals surface area (Å²) in [5, 5.41) is 19.0. The van der Waals surface area contributed by atoms with Gasteiger partial charge in [0.1, 0.15) is 5.75 Å². The highest BCUT2D eigenvalue weighted by Crippen LogP contribution is 2.35. The van der Waals surface area contributed by atoms with E-state index in [9.17, 15) is 14.6 Å². The highest BCUT2D eigenvalue weighted by Gasteiger charge is 2.10. The summed E-state index contributed by atoms with van der Waals surface area (Å²) in [5.74, 6) is -1.13. The fourth-order valence-corrected chi connectivity index (χ4v) is 1.43. The molecule has 0 saturated heterocycles. The Balaban J connectivity index is 2.65. The Morgan fingerprint density at radius 3 is 2.20 bits per heavy atom. The van der Waals surface area contributed by atoms with E-state index in [-0.39, 0.29) is 11.3 Å². The van der Waals surface area contributed by atoms with Gasteiger partial charge in [-0.25, -0.2) is 4.39 Å². The molecule has 0 amide bonds. The predicted molar refractivity (Wildman–Crippen MR) is 55.2 cm³/mol. The zero-order valence-corrected chi connectivity index (χ0v) is 7.81. The molecule has 0 aliphatic carbocycles. The SMILES string of the molecule is Oc1ccccc1-c1cccc(F)c1O. The summed E-state index contributed by atoms with van der Waals surface area (Å²) in [4.78, 5) is 0. The van der Waals surface area contributed by atoms with Crippen molar-refractivity contribution in [3.8, 4) is 22.6 Å². The van der Waals surface area contributed by atoms with Crippen LogP contribution in [0.2, 0.25) is 0 Å². The molecule has 0 aliphatic rings. The van der Waals surface area contributed by atoms with Crippen LogP contribution in [0.3, 0.4) is 0 Å². The van der Waals surface area contributed by atoms with Crippen molar-refractivity contribution in [3.63, 3.8) is 0 Å². The first-order valence-electron chi connectivity index (χ1n) is 4.46. The van der Waals surface area contributed by atoms with Crippen molar-refractivity contribution < 1.29 is 14.6 Å². The Kier molecular flexibility index (Phi) is 2.29. The number of hydrogen-bond donors (Lipinski definition) is 2. The van der Waals surface area contributed by atoms with Gasteiger partial charge in [-0.05, 0) is 12.1 Å². The van der Waals surface area contributed by atoms with Crippen LogP contribution in [-0.4, -0.2) is 10.2 Å². The fraction of sp³-hybridized carbons (Fsp3) is 0. The maximum Gasteiger partial charge on any atom is 0.165 e. The second-order valence-corrected chi connectivity index (χ2v) is 3.15. The predicted octanol–water partition coefficient (Wildman–Crippen LogP) is 2.90.